The molecule has 1 aromatic carbocycles. The maximum atomic E-state index is 11.5. The van der Waals surface area contributed by atoms with E-state index in [4.69, 9.17) is 16.2 Å². The third-order valence-electron chi connectivity index (χ3n) is 3.19. The molecule has 1 fully saturated rings. The largest absolute Gasteiger partial charge is 0.468 e. The van der Waals surface area contributed by atoms with Crippen LogP contribution in [0.25, 0.3) is 0 Å². The first kappa shape index (κ1) is 12.0. The molecular weight excluding hydrogens is 218 g/mol. The van der Waals surface area contributed by atoms with Gasteiger partial charge in [0.05, 0.1) is 7.11 Å². The fraction of sp³-hybridized carbons (Fsp3) is 0.417. The van der Waals surface area contributed by atoms with Crippen LogP contribution in [-0.4, -0.2) is 31.2 Å². The number of hydrogen-bond donors (Lipinski definition) is 3. The van der Waals surface area contributed by atoms with Crippen LogP contribution in [0.15, 0.2) is 30.3 Å². The minimum atomic E-state index is -0.541. The van der Waals surface area contributed by atoms with E-state index in [9.17, 15) is 4.79 Å². The molecule has 4 atom stereocenters. The van der Waals surface area contributed by atoms with E-state index in [1.54, 1.807) is 0 Å². The molecule has 5 heteroatoms. The first-order valence-electron chi connectivity index (χ1n) is 5.55. The second-order valence-corrected chi connectivity index (χ2v) is 4.21. The van der Waals surface area contributed by atoms with Crippen molar-refractivity contribution in [3.05, 3.63) is 35.9 Å². The van der Waals surface area contributed by atoms with Gasteiger partial charge < -0.3 is 16.2 Å². The fourth-order valence-corrected chi connectivity index (χ4v) is 2.19. The predicted octanol–water partition coefficient (Wildman–Crippen LogP) is -0.473. The number of hydrogen-bond acceptors (Lipinski definition) is 5. The zero-order valence-corrected chi connectivity index (χ0v) is 9.67. The molecule has 5 nitrogen and oxygen atoms in total. The highest BCUT2D eigenvalue weighted by Gasteiger charge is 2.43. The SMILES string of the molecule is COC(=O)[C@@H]1N[C@H](c2ccccc2)[C@H](N)[C@H]1N. The number of esters is 1. The molecule has 1 saturated heterocycles. The van der Waals surface area contributed by atoms with Crippen molar-refractivity contribution >= 4 is 5.97 Å². The van der Waals surface area contributed by atoms with Gasteiger partial charge in [0.25, 0.3) is 0 Å². The van der Waals surface area contributed by atoms with Gasteiger partial charge >= 0.3 is 5.97 Å². The van der Waals surface area contributed by atoms with E-state index in [1.165, 1.54) is 7.11 Å². The smallest absolute Gasteiger partial charge is 0.324 e. The molecule has 0 aromatic heterocycles. The summed E-state index contributed by atoms with van der Waals surface area (Å²) < 4.78 is 4.70. The maximum Gasteiger partial charge on any atom is 0.324 e. The average Bonchev–Trinajstić information content (AvgIpc) is 2.67. The third kappa shape index (κ3) is 2.17. The van der Waals surface area contributed by atoms with Crippen molar-refractivity contribution < 1.29 is 9.53 Å². The van der Waals surface area contributed by atoms with Gasteiger partial charge in [-0.05, 0) is 5.56 Å². The van der Waals surface area contributed by atoms with Crippen molar-refractivity contribution in [3.8, 4) is 0 Å². The molecule has 1 heterocycles. The van der Waals surface area contributed by atoms with Crippen molar-refractivity contribution in [1.82, 2.24) is 5.32 Å². The number of nitrogens with one attached hydrogen (secondary N) is 1. The Kier molecular flexibility index (Phi) is 3.42. The van der Waals surface area contributed by atoms with Crippen molar-refractivity contribution in [2.75, 3.05) is 7.11 Å². The molecule has 5 N–H and O–H groups in total. The maximum absolute atomic E-state index is 11.5. The van der Waals surface area contributed by atoms with E-state index in [-0.39, 0.29) is 18.1 Å². The number of carbonyl (C=O) groups is 1. The van der Waals surface area contributed by atoms with Gasteiger partial charge in [-0.15, -0.1) is 0 Å². The summed E-state index contributed by atoms with van der Waals surface area (Å²) in [7, 11) is 1.35. The summed E-state index contributed by atoms with van der Waals surface area (Å²) >= 11 is 0. The van der Waals surface area contributed by atoms with Crippen LogP contribution in [0.2, 0.25) is 0 Å². The van der Waals surface area contributed by atoms with Crippen LogP contribution in [0.5, 0.6) is 0 Å². The molecule has 0 bridgehead atoms. The Morgan fingerprint density at radius 3 is 2.47 bits per heavy atom. The summed E-state index contributed by atoms with van der Waals surface area (Å²) in [6, 6.07) is 8.32. The van der Waals surface area contributed by atoms with E-state index in [0.717, 1.165) is 5.56 Å². The summed E-state index contributed by atoms with van der Waals surface area (Å²) in [5, 5.41) is 3.13. The molecule has 2 rings (SSSR count). The lowest BCUT2D eigenvalue weighted by atomic mass is 9.98. The molecule has 0 aliphatic carbocycles. The monoisotopic (exact) mass is 235 g/mol. The first-order chi connectivity index (χ1) is 8.15. The molecule has 1 aliphatic rings. The quantitative estimate of drug-likeness (QED) is 0.603. The Hall–Kier alpha value is -1.43. The summed E-state index contributed by atoms with van der Waals surface area (Å²) in [5.41, 5.74) is 13.0. The molecule has 0 amide bonds. The summed E-state index contributed by atoms with van der Waals surface area (Å²) in [6.07, 6.45) is 0. The normalized spacial score (nSPS) is 32.4. The van der Waals surface area contributed by atoms with Crippen LogP contribution < -0.4 is 16.8 Å². The van der Waals surface area contributed by atoms with Crippen LogP contribution >= 0.6 is 0 Å². The zero-order valence-electron chi connectivity index (χ0n) is 9.67. The van der Waals surface area contributed by atoms with E-state index in [1.807, 2.05) is 30.3 Å². The molecule has 1 aromatic rings. The molecule has 0 radical (unpaired) electrons. The standard InChI is InChI=1S/C12H17N3O2/c1-17-12(16)11-9(14)8(13)10(15-11)7-5-3-2-4-6-7/h2-6,8-11,15H,13-14H2,1H3/t8-,9-,10-,11-/m1/s1. The van der Waals surface area contributed by atoms with Crippen LogP contribution in [-0.2, 0) is 9.53 Å². The summed E-state index contributed by atoms with van der Waals surface area (Å²) in [4.78, 5) is 11.5. The molecule has 17 heavy (non-hydrogen) atoms. The number of benzene rings is 1. The number of nitrogens with two attached hydrogens (primary N) is 2. The number of rotatable bonds is 2. The van der Waals surface area contributed by atoms with Crippen molar-refractivity contribution in [3.63, 3.8) is 0 Å². The first-order valence-corrected chi connectivity index (χ1v) is 5.55. The third-order valence-corrected chi connectivity index (χ3v) is 3.19. The topological polar surface area (TPSA) is 90.4 Å². The highest BCUT2D eigenvalue weighted by atomic mass is 16.5. The summed E-state index contributed by atoms with van der Waals surface area (Å²) in [5.74, 6) is -0.369. The van der Waals surface area contributed by atoms with Gasteiger partial charge in [-0.25, -0.2) is 0 Å². The Morgan fingerprint density at radius 1 is 1.24 bits per heavy atom. The highest BCUT2D eigenvalue weighted by molar-refractivity contribution is 5.77. The Morgan fingerprint density at radius 2 is 1.88 bits per heavy atom. The van der Waals surface area contributed by atoms with Gasteiger partial charge in [0.1, 0.15) is 6.04 Å². The lowest BCUT2D eigenvalue weighted by Crippen LogP contribution is -2.48. The second kappa shape index (κ2) is 4.83. The van der Waals surface area contributed by atoms with Crippen LogP contribution in [0.4, 0.5) is 0 Å². The Labute approximate surface area is 100 Å². The van der Waals surface area contributed by atoms with Crippen molar-refractivity contribution in [1.29, 1.82) is 0 Å². The van der Waals surface area contributed by atoms with Gasteiger partial charge in [-0.3, -0.25) is 10.1 Å². The van der Waals surface area contributed by atoms with Crippen LogP contribution in [0.1, 0.15) is 11.6 Å². The predicted molar refractivity (Wildman–Crippen MR) is 64.1 cm³/mol. The lowest BCUT2D eigenvalue weighted by molar-refractivity contribution is -0.143. The number of carbonyl (C=O) groups excluding carboxylic acids is 1. The average molecular weight is 235 g/mol. The minimum absolute atomic E-state index is 0.115. The minimum Gasteiger partial charge on any atom is -0.468 e. The summed E-state index contributed by atoms with van der Waals surface area (Å²) in [6.45, 7) is 0. The lowest BCUT2D eigenvalue weighted by Gasteiger charge is -2.17. The molecule has 0 unspecified atom stereocenters. The van der Waals surface area contributed by atoms with E-state index < -0.39 is 12.1 Å². The number of methoxy groups -OCH3 is 1. The Balaban J connectivity index is 2.20. The van der Waals surface area contributed by atoms with E-state index >= 15 is 0 Å². The molecule has 0 spiro atoms. The van der Waals surface area contributed by atoms with Crippen molar-refractivity contribution in [2.24, 2.45) is 11.5 Å². The van der Waals surface area contributed by atoms with Gasteiger partial charge in [-0.1, -0.05) is 30.3 Å². The van der Waals surface area contributed by atoms with Crippen molar-refractivity contribution in [2.45, 2.75) is 24.2 Å². The fourth-order valence-electron chi connectivity index (χ4n) is 2.19. The van der Waals surface area contributed by atoms with Gasteiger partial charge in [0.15, 0.2) is 0 Å². The zero-order chi connectivity index (χ0) is 12.4. The number of ether oxygens (including phenoxy) is 1. The van der Waals surface area contributed by atoms with Gasteiger partial charge in [0, 0.05) is 18.1 Å². The Bertz CT molecular complexity index is 396. The molecule has 92 valence electrons. The van der Waals surface area contributed by atoms with E-state index in [0.29, 0.717) is 0 Å². The van der Waals surface area contributed by atoms with E-state index in [2.05, 4.69) is 5.32 Å². The molecular formula is C12H17N3O2. The molecule has 1 aliphatic heterocycles. The molecule has 0 saturated carbocycles. The second-order valence-electron chi connectivity index (χ2n) is 4.21. The van der Waals surface area contributed by atoms with Crippen LogP contribution in [0, 0.1) is 0 Å². The van der Waals surface area contributed by atoms with Gasteiger partial charge in [0.2, 0.25) is 0 Å². The highest BCUT2D eigenvalue weighted by Crippen LogP contribution is 2.25. The van der Waals surface area contributed by atoms with Crippen LogP contribution in [0.3, 0.4) is 0 Å². The van der Waals surface area contributed by atoms with Gasteiger partial charge in [-0.2, -0.15) is 0 Å².